The van der Waals surface area contributed by atoms with E-state index < -0.39 is 17.7 Å². The topological polar surface area (TPSA) is 58.6 Å². The Morgan fingerprint density at radius 2 is 1.79 bits per heavy atom. The van der Waals surface area contributed by atoms with Crippen LogP contribution in [-0.2, 0) is 6.18 Å². The second-order valence-corrected chi connectivity index (χ2v) is 6.28. The number of benzene rings is 1. The van der Waals surface area contributed by atoms with Crippen LogP contribution in [0.5, 0.6) is 5.75 Å². The number of alkyl halides is 3. The van der Waals surface area contributed by atoms with E-state index in [1.165, 1.54) is 31.1 Å². The average Bonchev–Trinajstić information content (AvgIpc) is 2.66. The van der Waals surface area contributed by atoms with Crippen molar-refractivity contribution < 1.29 is 27.1 Å². The van der Waals surface area contributed by atoms with Crippen molar-refractivity contribution in [3.05, 3.63) is 47.2 Å². The van der Waals surface area contributed by atoms with Crippen molar-refractivity contribution in [3.63, 3.8) is 0 Å². The van der Waals surface area contributed by atoms with Crippen LogP contribution < -0.4 is 9.64 Å². The number of aromatic nitrogens is 2. The minimum Gasteiger partial charge on any atom is -0.494 e. The monoisotopic (exact) mass is 398 g/mol. The second-order valence-electron chi connectivity index (χ2n) is 6.28. The van der Waals surface area contributed by atoms with Gasteiger partial charge in [-0.1, -0.05) is 0 Å². The van der Waals surface area contributed by atoms with Crippen LogP contribution in [0, 0.1) is 12.7 Å². The molecular weight excluding hydrogens is 380 g/mol. The number of amides is 1. The minimum absolute atomic E-state index is 0.0250. The number of halogens is 4. The van der Waals surface area contributed by atoms with Crippen LogP contribution in [0.1, 0.15) is 21.9 Å². The molecule has 1 saturated heterocycles. The Morgan fingerprint density at radius 3 is 2.36 bits per heavy atom. The van der Waals surface area contributed by atoms with Crippen LogP contribution in [0.2, 0.25) is 0 Å². The molecule has 1 aliphatic heterocycles. The Hall–Kier alpha value is -2.91. The van der Waals surface area contributed by atoms with E-state index >= 15 is 0 Å². The molecule has 2 aromatic rings. The van der Waals surface area contributed by atoms with Gasteiger partial charge in [0.15, 0.2) is 11.6 Å². The van der Waals surface area contributed by atoms with Crippen LogP contribution in [0.25, 0.3) is 0 Å². The van der Waals surface area contributed by atoms with E-state index in [2.05, 4.69) is 9.97 Å². The maximum atomic E-state index is 13.8. The maximum absolute atomic E-state index is 13.8. The van der Waals surface area contributed by atoms with Crippen molar-refractivity contribution in [2.75, 3.05) is 38.2 Å². The van der Waals surface area contributed by atoms with Gasteiger partial charge in [0.25, 0.3) is 5.91 Å². The van der Waals surface area contributed by atoms with Gasteiger partial charge in [-0.2, -0.15) is 13.2 Å². The van der Waals surface area contributed by atoms with Gasteiger partial charge in [0, 0.05) is 37.8 Å². The number of nitrogens with zero attached hydrogens (tertiary/aromatic N) is 4. The first-order valence-electron chi connectivity index (χ1n) is 8.49. The predicted octanol–water partition coefficient (Wildman–Crippen LogP) is 2.91. The number of aryl methyl sites for hydroxylation is 1. The molecular formula is C18H18F4N4O2. The highest BCUT2D eigenvalue weighted by molar-refractivity contribution is 5.94. The first-order chi connectivity index (χ1) is 13.2. The van der Waals surface area contributed by atoms with E-state index in [1.807, 2.05) is 0 Å². The number of piperazine rings is 1. The number of ether oxygens (including phenoxy) is 1. The first-order valence-corrected chi connectivity index (χ1v) is 8.49. The Balaban J connectivity index is 1.70. The molecule has 1 aromatic heterocycles. The molecule has 0 saturated carbocycles. The molecule has 0 bridgehead atoms. The minimum atomic E-state index is -4.56. The SMILES string of the molecule is COc1ccc(C(=O)N2CCN(c3cc(C(F)(F)F)nc(C)n3)CC2)cc1F. The van der Waals surface area contributed by atoms with Crippen molar-refractivity contribution in [2.24, 2.45) is 0 Å². The highest BCUT2D eigenvalue weighted by atomic mass is 19.4. The van der Waals surface area contributed by atoms with Gasteiger partial charge in [0.1, 0.15) is 17.3 Å². The number of methoxy groups -OCH3 is 1. The second kappa shape index (κ2) is 7.61. The van der Waals surface area contributed by atoms with E-state index in [-0.39, 0.29) is 42.0 Å². The van der Waals surface area contributed by atoms with Gasteiger partial charge in [0.05, 0.1) is 7.11 Å². The van der Waals surface area contributed by atoms with Crippen LogP contribution in [0.15, 0.2) is 24.3 Å². The van der Waals surface area contributed by atoms with E-state index in [4.69, 9.17) is 4.74 Å². The molecule has 28 heavy (non-hydrogen) atoms. The summed E-state index contributed by atoms with van der Waals surface area (Å²) in [7, 11) is 1.33. The number of hydrogen-bond acceptors (Lipinski definition) is 5. The summed E-state index contributed by atoms with van der Waals surface area (Å²) < 4.78 is 57.5. The Bertz CT molecular complexity index is 880. The molecule has 10 heteroatoms. The molecule has 0 atom stereocenters. The molecule has 2 heterocycles. The zero-order valence-corrected chi connectivity index (χ0v) is 15.3. The third kappa shape index (κ3) is 4.15. The van der Waals surface area contributed by atoms with Crippen LogP contribution in [0.4, 0.5) is 23.4 Å². The molecule has 3 rings (SSSR count). The van der Waals surface area contributed by atoms with Gasteiger partial charge in [0.2, 0.25) is 0 Å². The number of carbonyl (C=O) groups excluding carboxylic acids is 1. The molecule has 0 N–H and O–H groups in total. The molecule has 1 aromatic carbocycles. The molecule has 0 unspecified atom stereocenters. The lowest BCUT2D eigenvalue weighted by atomic mass is 10.1. The summed E-state index contributed by atoms with van der Waals surface area (Å²) in [5.41, 5.74) is -0.814. The van der Waals surface area contributed by atoms with Crippen molar-refractivity contribution in [2.45, 2.75) is 13.1 Å². The van der Waals surface area contributed by atoms with Gasteiger partial charge in [-0.05, 0) is 25.1 Å². The molecule has 1 aliphatic rings. The highest BCUT2D eigenvalue weighted by Gasteiger charge is 2.34. The molecule has 0 spiro atoms. The smallest absolute Gasteiger partial charge is 0.433 e. The fourth-order valence-electron chi connectivity index (χ4n) is 2.98. The predicted molar refractivity (Wildman–Crippen MR) is 92.8 cm³/mol. The molecule has 6 nitrogen and oxygen atoms in total. The van der Waals surface area contributed by atoms with Crippen molar-refractivity contribution in [1.29, 1.82) is 0 Å². The quantitative estimate of drug-likeness (QED) is 0.745. The molecule has 1 fully saturated rings. The third-order valence-electron chi connectivity index (χ3n) is 4.40. The lowest BCUT2D eigenvalue weighted by molar-refractivity contribution is -0.141. The largest absolute Gasteiger partial charge is 0.494 e. The lowest BCUT2D eigenvalue weighted by Crippen LogP contribution is -2.49. The standard InChI is InChI=1S/C18H18F4N4O2/c1-11-23-15(18(20,21)22)10-16(24-11)25-5-7-26(8-6-25)17(27)12-3-4-14(28-2)13(19)9-12/h3-4,9-10H,5-8H2,1-2H3. The first kappa shape index (κ1) is 19.8. The fraction of sp³-hybridized carbons (Fsp3) is 0.389. The molecule has 1 amide bonds. The summed E-state index contributed by atoms with van der Waals surface area (Å²) in [6.07, 6.45) is -4.56. The number of rotatable bonds is 3. The third-order valence-corrected chi connectivity index (χ3v) is 4.40. The van der Waals surface area contributed by atoms with Crippen LogP contribution in [0.3, 0.4) is 0 Å². The zero-order chi connectivity index (χ0) is 20.5. The molecule has 0 aliphatic carbocycles. The summed E-state index contributed by atoms with van der Waals surface area (Å²) >= 11 is 0. The summed E-state index contributed by atoms with van der Waals surface area (Å²) in [4.78, 5) is 23.3. The fourth-order valence-corrected chi connectivity index (χ4v) is 2.98. The van der Waals surface area contributed by atoms with Crippen molar-refractivity contribution in [3.8, 4) is 5.75 Å². The number of carbonyl (C=O) groups is 1. The van der Waals surface area contributed by atoms with E-state index in [0.29, 0.717) is 13.1 Å². The number of anilines is 1. The van der Waals surface area contributed by atoms with Gasteiger partial charge < -0.3 is 14.5 Å². The highest BCUT2D eigenvalue weighted by Crippen LogP contribution is 2.30. The van der Waals surface area contributed by atoms with Crippen LogP contribution >= 0.6 is 0 Å². The Kier molecular flexibility index (Phi) is 5.39. The zero-order valence-electron chi connectivity index (χ0n) is 15.3. The van der Waals surface area contributed by atoms with Gasteiger partial charge >= 0.3 is 6.18 Å². The number of hydrogen-bond donors (Lipinski definition) is 0. The van der Waals surface area contributed by atoms with E-state index in [0.717, 1.165) is 12.1 Å². The Morgan fingerprint density at radius 1 is 1.11 bits per heavy atom. The summed E-state index contributed by atoms with van der Waals surface area (Å²) in [6.45, 7) is 2.56. The van der Waals surface area contributed by atoms with Crippen molar-refractivity contribution >= 4 is 11.7 Å². The van der Waals surface area contributed by atoms with Crippen LogP contribution in [-0.4, -0.2) is 54.1 Å². The van der Waals surface area contributed by atoms with Gasteiger partial charge in [-0.3, -0.25) is 4.79 Å². The average molecular weight is 398 g/mol. The normalized spacial score (nSPS) is 14.9. The molecule has 150 valence electrons. The van der Waals surface area contributed by atoms with E-state index in [9.17, 15) is 22.4 Å². The molecule has 0 radical (unpaired) electrons. The van der Waals surface area contributed by atoms with E-state index in [1.54, 1.807) is 4.90 Å². The van der Waals surface area contributed by atoms with Crippen molar-refractivity contribution in [1.82, 2.24) is 14.9 Å². The summed E-state index contributed by atoms with van der Waals surface area (Å²) in [5.74, 6) is -0.750. The van der Waals surface area contributed by atoms with Gasteiger partial charge in [-0.25, -0.2) is 14.4 Å². The maximum Gasteiger partial charge on any atom is 0.433 e. The van der Waals surface area contributed by atoms with Gasteiger partial charge in [-0.15, -0.1) is 0 Å². The summed E-state index contributed by atoms with van der Waals surface area (Å²) in [5, 5.41) is 0. The Labute approximate surface area is 158 Å². The lowest BCUT2D eigenvalue weighted by Gasteiger charge is -2.35. The summed E-state index contributed by atoms with van der Waals surface area (Å²) in [6, 6.07) is 4.86.